The lowest BCUT2D eigenvalue weighted by Gasteiger charge is -2.32. The van der Waals surface area contributed by atoms with E-state index < -0.39 is 0 Å². The molecule has 2 heterocycles. The molecule has 6 nitrogen and oxygen atoms in total. The van der Waals surface area contributed by atoms with Gasteiger partial charge in [0.05, 0.1) is 18.7 Å². The summed E-state index contributed by atoms with van der Waals surface area (Å²) in [6.45, 7) is 3.39. The first-order valence-corrected chi connectivity index (χ1v) is 10.7. The molecule has 7 heteroatoms. The van der Waals surface area contributed by atoms with Crippen molar-refractivity contribution in [2.75, 3.05) is 30.4 Å². The second-order valence-corrected chi connectivity index (χ2v) is 8.12. The molecule has 2 aromatic carbocycles. The third-order valence-electron chi connectivity index (χ3n) is 5.59. The smallest absolute Gasteiger partial charge is 0.229 e. The van der Waals surface area contributed by atoms with Crippen LogP contribution in [0.3, 0.4) is 0 Å². The number of anilines is 2. The molecule has 1 N–H and O–H groups in total. The van der Waals surface area contributed by atoms with E-state index in [0.717, 1.165) is 53.5 Å². The standard InChI is InChI=1S/C24H25ClN4O2/c1-16-9-10-18(14-20(16)25)26-24(30)17-6-5-13-29(15-17)23-12-11-21(27-28-23)19-7-3-4-8-22(19)31-2/h3-4,7-12,14,17H,5-6,13,15H2,1-2H3,(H,26,30). The van der Waals surface area contributed by atoms with Gasteiger partial charge in [0.2, 0.25) is 5.91 Å². The van der Waals surface area contributed by atoms with Crippen LogP contribution in [0.15, 0.2) is 54.6 Å². The number of para-hydroxylation sites is 1. The lowest BCUT2D eigenvalue weighted by Crippen LogP contribution is -2.41. The minimum absolute atomic E-state index is 0.00298. The minimum Gasteiger partial charge on any atom is -0.496 e. The molecule has 31 heavy (non-hydrogen) atoms. The van der Waals surface area contributed by atoms with Gasteiger partial charge in [0, 0.05) is 29.4 Å². The Morgan fingerprint density at radius 1 is 1.16 bits per heavy atom. The molecular formula is C24H25ClN4O2. The molecule has 3 aromatic rings. The van der Waals surface area contributed by atoms with Crippen molar-refractivity contribution in [2.45, 2.75) is 19.8 Å². The number of nitrogens with one attached hydrogen (secondary N) is 1. The van der Waals surface area contributed by atoms with Gasteiger partial charge in [-0.25, -0.2) is 0 Å². The third kappa shape index (κ3) is 4.80. The summed E-state index contributed by atoms with van der Waals surface area (Å²) >= 11 is 6.18. The van der Waals surface area contributed by atoms with E-state index in [-0.39, 0.29) is 11.8 Å². The van der Waals surface area contributed by atoms with Crippen LogP contribution in [-0.4, -0.2) is 36.3 Å². The predicted molar refractivity (Wildman–Crippen MR) is 124 cm³/mol. The Morgan fingerprint density at radius 3 is 2.74 bits per heavy atom. The van der Waals surface area contributed by atoms with Gasteiger partial charge in [-0.1, -0.05) is 29.8 Å². The normalized spacial score (nSPS) is 16.1. The van der Waals surface area contributed by atoms with E-state index >= 15 is 0 Å². The van der Waals surface area contributed by atoms with Crippen LogP contribution >= 0.6 is 11.6 Å². The Balaban J connectivity index is 1.44. The van der Waals surface area contributed by atoms with E-state index in [4.69, 9.17) is 16.3 Å². The molecule has 4 rings (SSSR count). The van der Waals surface area contributed by atoms with Crippen molar-refractivity contribution in [2.24, 2.45) is 5.92 Å². The molecule has 1 fully saturated rings. The first-order valence-electron chi connectivity index (χ1n) is 10.3. The molecule has 1 saturated heterocycles. The van der Waals surface area contributed by atoms with Gasteiger partial charge in [0.25, 0.3) is 0 Å². The second-order valence-electron chi connectivity index (χ2n) is 7.72. The lowest BCUT2D eigenvalue weighted by molar-refractivity contribution is -0.120. The van der Waals surface area contributed by atoms with Crippen molar-refractivity contribution in [3.8, 4) is 17.0 Å². The van der Waals surface area contributed by atoms with Crippen molar-refractivity contribution in [3.63, 3.8) is 0 Å². The molecule has 0 bridgehead atoms. The van der Waals surface area contributed by atoms with E-state index in [1.807, 2.05) is 55.5 Å². The highest BCUT2D eigenvalue weighted by Gasteiger charge is 2.27. The van der Waals surface area contributed by atoms with E-state index in [1.54, 1.807) is 13.2 Å². The number of ether oxygens (including phenoxy) is 1. The zero-order chi connectivity index (χ0) is 21.8. The topological polar surface area (TPSA) is 67.3 Å². The molecule has 1 unspecified atom stereocenters. The molecule has 160 valence electrons. The monoisotopic (exact) mass is 436 g/mol. The highest BCUT2D eigenvalue weighted by Crippen LogP contribution is 2.29. The summed E-state index contributed by atoms with van der Waals surface area (Å²) in [6.07, 6.45) is 1.76. The maximum atomic E-state index is 12.8. The molecule has 1 aliphatic heterocycles. The number of carbonyl (C=O) groups excluding carboxylic acids is 1. The van der Waals surface area contributed by atoms with Crippen molar-refractivity contribution < 1.29 is 9.53 Å². The predicted octanol–water partition coefficient (Wildman–Crippen LogP) is 4.97. The van der Waals surface area contributed by atoms with Crippen LogP contribution in [0.1, 0.15) is 18.4 Å². The lowest BCUT2D eigenvalue weighted by atomic mass is 9.97. The Bertz CT molecular complexity index is 1070. The SMILES string of the molecule is COc1ccccc1-c1ccc(N2CCCC(C(=O)Nc3ccc(C)c(Cl)c3)C2)nn1. The van der Waals surface area contributed by atoms with E-state index in [0.29, 0.717) is 11.6 Å². The quantitative estimate of drug-likeness (QED) is 0.611. The minimum atomic E-state index is -0.121. The number of amides is 1. The maximum Gasteiger partial charge on any atom is 0.229 e. The summed E-state index contributed by atoms with van der Waals surface area (Å²) < 4.78 is 5.42. The fourth-order valence-corrected chi connectivity index (χ4v) is 3.99. The van der Waals surface area contributed by atoms with E-state index in [2.05, 4.69) is 20.4 Å². The molecule has 0 aliphatic carbocycles. The first-order chi connectivity index (χ1) is 15.0. The van der Waals surface area contributed by atoms with Crippen LogP contribution in [0.5, 0.6) is 5.75 Å². The number of rotatable bonds is 5. The number of halogens is 1. The third-order valence-corrected chi connectivity index (χ3v) is 6.00. The second kappa shape index (κ2) is 9.35. The number of methoxy groups -OCH3 is 1. The molecule has 1 atom stereocenters. The summed E-state index contributed by atoms with van der Waals surface area (Å²) in [7, 11) is 1.64. The fraction of sp³-hybridized carbons (Fsp3) is 0.292. The van der Waals surface area contributed by atoms with E-state index in [1.165, 1.54) is 0 Å². The van der Waals surface area contributed by atoms with Crippen LogP contribution in [0.2, 0.25) is 5.02 Å². The number of hydrogen-bond acceptors (Lipinski definition) is 5. The van der Waals surface area contributed by atoms with Crippen LogP contribution in [0, 0.1) is 12.8 Å². The summed E-state index contributed by atoms with van der Waals surface area (Å²) in [4.78, 5) is 14.9. The van der Waals surface area contributed by atoms with Crippen LogP contribution in [-0.2, 0) is 4.79 Å². The van der Waals surface area contributed by atoms with Gasteiger partial charge in [0.1, 0.15) is 5.75 Å². The molecule has 1 aromatic heterocycles. The van der Waals surface area contributed by atoms with Gasteiger partial charge in [-0.2, -0.15) is 0 Å². The average molecular weight is 437 g/mol. The number of benzene rings is 2. The largest absolute Gasteiger partial charge is 0.496 e. The zero-order valence-corrected chi connectivity index (χ0v) is 18.4. The van der Waals surface area contributed by atoms with Crippen LogP contribution in [0.25, 0.3) is 11.3 Å². The summed E-state index contributed by atoms with van der Waals surface area (Å²) in [5, 5.41) is 12.5. The Kier molecular flexibility index (Phi) is 6.37. The van der Waals surface area contributed by atoms with Crippen molar-refractivity contribution >= 4 is 29.0 Å². The van der Waals surface area contributed by atoms with Crippen molar-refractivity contribution in [1.29, 1.82) is 0 Å². The van der Waals surface area contributed by atoms with Gasteiger partial charge in [-0.15, -0.1) is 10.2 Å². The highest BCUT2D eigenvalue weighted by atomic mass is 35.5. The first kappa shape index (κ1) is 21.1. The molecule has 1 aliphatic rings. The molecule has 0 spiro atoms. The molecular weight excluding hydrogens is 412 g/mol. The number of aryl methyl sites for hydroxylation is 1. The summed E-state index contributed by atoms with van der Waals surface area (Å²) in [6, 6.07) is 17.2. The zero-order valence-electron chi connectivity index (χ0n) is 17.6. The van der Waals surface area contributed by atoms with E-state index in [9.17, 15) is 4.79 Å². The number of aromatic nitrogens is 2. The van der Waals surface area contributed by atoms with Gasteiger partial charge in [-0.3, -0.25) is 4.79 Å². The van der Waals surface area contributed by atoms with Crippen molar-refractivity contribution in [3.05, 3.63) is 65.2 Å². The Labute approximate surface area is 187 Å². The summed E-state index contributed by atoms with van der Waals surface area (Å²) in [5.41, 5.74) is 3.36. The van der Waals surface area contributed by atoms with Gasteiger partial charge < -0.3 is 15.0 Å². The Hall–Kier alpha value is -3.12. The van der Waals surface area contributed by atoms with Crippen LogP contribution < -0.4 is 15.0 Å². The summed E-state index contributed by atoms with van der Waals surface area (Å²) in [5.74, 6) is 1.41. The maximum absolute atomic E-state index is 12.8. The molecule has 0 saturated carbocycles. The van der Waals surface area contributed by atoms with Crippen LogP contribution in [0.4, 0.5) is 11.5 Å². The number of hydrogen-bond donors (Lipinski definition) is 1. The fourth-order valence-electron chi connectivity index (χ4n) is 3.81. The van der Waals surface area contributed by atoms with Gasteiger partial charge >= 0.3 is 0 Å². The highest BCUT2D eigenvalue weighted by molar-refractivity contribution is 6.31. The van der Waals surface area contributed by atoms with Crippen molar-refractivity contribution in [1.82, 2.24) is 10.2 Å². The molecule has 0 radical (unpaired) electrons. The number of nitrogens with zero attached hydrogens (tertiary/aromatic N) is 3. The average Bonchev–Trinajstić information content (AvgIpc) is 2.81. The van der Waals surface area contributed by atoms with Gasteiger partial charge in [-0.05, 0) is 61.7 Å². The molecule has 1 amide bonds. The Morgan fingerprint density at radius 2 is 2.00 bits per heavy atom. The van der Waals surface area contributed by atoms with Gasteiger partial charge in [0.15, 0.2) is 5.82 Å². The number of piperidine rings is 1. The number of carbonyl (C=O) groups is 1.